The number of amides is 1. The first-order valence-corrected chi connectivity index (χ1v) is 13.4. The highest BCUT2D eigenvalue weighted by atomic mass is 16.3. The zero-order valence-electron chi connectivity index (χ0n) is 22.4. The van der Waals surface area contributed by atoms with Crippen LogP contribution in [-0.4, -0.2) is 49.1 Å². The molecule has 3 heterocycles. The Labute approximate surface area is 227 Å². The van der Waals surface area contributed by atoms with Crippen molar-refractivity contribution in [3.8, 4) is 0 Å². The number of fused-ring (bicyclic) bond motifs is 3. The Bertz CT molecular complexity index is 1590. The molecule has 1 N–H and O–H groups in total. The highest BCUT2D eigenvalue weighted by Crippen LogP contribution is 2.16. The van der Waals surface area contributed by atoms with E-state index < -0.39 is 0 Å². The largest absolute Gasteiger partial charge is 0.468 e. The van der Waals surface area contributed by atoms with Gasteiger partial charge < -0.3 is 9.73 Å². The fraction of sp³-hybridized carbons (Fsp3) is 0.333. The van der Waals surface area contributed by atoms with Gasteiger partial charge in [0.1, 0.15) is 11.6 Å². The summed E-state index contributed by atoms with van der Waals surface area (Å²) in [6.07, 6.45) is 3.06. The van der Waals surface area contributed by atoms with Gasteiger partial charge in [0.25, 0.3) is 5.56 Å². The highest BCUT2D eigenvalue weighted by Gasteiger charge is 2.17. The maximum absolute atomic E-state index is 13.4. The van der Waals surface area contributed by atoms with E-state index in [4.69, 9.17) is 4.42 Å². The van der Waals surface area contributed by atoms with Gasteiger partial charge in [-0.05, 0) is 50.1 Å². The summed E-state index contributed by atoms with van der Waals surface area (Å²) in [6, 6.07) is 21.7. The molecule has 202 valence electrons. The fourth-order valence-electron chi connectivity index (χ4n) is 4.84. The summed E-state index contributed by atoms with van der Waals surface area (Å²) in [4.78, 5) is 28.3. The first kappa shape index (κ1) is 26.4. The van der Waals surface area contributed by atoms with Crippen LogP contribution in [-0.2, 0) is 30.7 Å². The lowest BCUT2D eigenvalue weighted by molar-refractivity contribution is -0.121. The molecule has 5 rings (SSSR count). The van der Waals surface area contributed by atoms with Gasteiger partial charge in [-0.1, -0.05) is 42.5 Å². The summed E-state index contributed by atoms with van der Waals surface area (Å²) in [5.41, 5.74) is 1.81. The standard InChI is InChI=1S/C30H34N6O3/c1-22(2)34(21-24-11-8-20-39-24)19-17-31-28(37)15-14-27-32-33-30-35(18-16-23-9-4-3-5-10-23)29(38)25-12-6-7-13-26(25)36(27)30/h3-13,20,22H,14-19,21H2,1-2H3,(H,31,37). The number of benzene rings is 2. The smallest absolute Gasteiger partial charge is 0.262 e. The molecular formula is C30H34N6O3. The van der Waals surface area contributed by atoms with Crippen LogP contribution in [0.4, 0.5) is 0 Å². The number of aromatic nitrogens is 4. The van der Waals surface area contributed by atoms with Gasteiger partial charge >= 0.3 is 0 Å². The van der Waals surface area contributed by atoms with E-state index in [-0.39, 0.29) is 17.9 Å². The molecule has 0 saturated heterocycles. The Morgan fingerprint density at radius 3 is 2.56 bits per heavy atom. The molecule has 9 heteroatoms. The minimum atomic E-state index is -0.0880. The van der Waals surface area contributed by atoms with E-state index in [1.165, 1.54) is 0 Å². The lowest BCUT2D eigenvalue weighted by Gasteiger charge is -2.25. The second-order valence-corrected chi connectivity index (χ2v) is 9.95. The van der Waals surface area contributed by atoms with Crippen molar-refractivity contribution in [2.45, 2.75) is 52.2 Å². The number of para-hydroxylation sites is 1. The molecule has 0 unspecified atom stereocenters. The Balaban J connectivity index is 1.28. The summed E-state index contributed by atoms with van der Waals surface area (Å²) in [5.74, 6) is 2.01. The maximum atomic E-state index is 13.4. The van der Waals surface area contributed by atoms with Crippen molar-refractivity contribution in [1.82, 2.24) is 29.4 Å². The third kappa shape index (κ3) is 6.09. The van der Waals surface area contributed by atoms with Crippen LogP contribution in [0, 0.1) is 0 Å². The maximum Gasteiger partial charge on any atom is 0.262 e. The highest BCUT2D eigenvalue weighted by molar-refractivity contribution is 5.80. The average molecular weight is 527 g/mol. The van der Waals surface area contributed by atoms with E-state index >= 15 is 0 Å². The molecule has 0 aliphatic heterocycles. The van der Waals surface area contributed by atoms with E-state index in [0.717, 1.165) is 23.4 Å². The first-order valence-electron chi connectivity index (χ1n) is 13.4. The zero-order valence-corrected chi connectivity index (χ0v) is 22.4. The monoisotopic (exact) mass is 526 g/mol. The normalized spacial score (nSPS) is 11.7. The number of carbonyl (C=O) groups is 1. The van der Waals surface area contributed by atoms with Gasteiger partial charge in [0.15, 0.2) is 0 Å². The van der Waals surface area contributed by atoms with Gasteiger partial charge in [0, 0.05) is 38.5 Å². The van der Waals surface area contributed by atoms with E-state index in [0.29, 0.717) is 55.5 Å². The molecule has 0 spiro atoms. The molecule has 3 aromatic heterocycles. The second-order valence-electron chi connectivity index (χ2n) is 9.95. The predicted octanol–water partition coefficient (Wildman–Crippen LogP) is 3.84. The zero-order chi connectivity index (χ0) is 27.2. The molecule has 5 aromatic rings. The van der Waals surface area contributed by atoms with Gasteiger partial charge in [-0.3, -0.25) is 23.5 Å². The van der Waals surface area contributed by atoms with Crippen LogP contribution in [0.1, 0.15) is 37.4 Å². The number of nitrogens with zero attached hydrogens (tertiary/aromatic N) is 5. The van der Waals surface area contributed by atoms with Crippen molar-refractivity contribution >= 4 is 22.6 Å². The SMILES string of the molecule is CC(C)N(CCNC(=O)CCc1nnc2n(CCc3ccccc3)c(=O)c3ccccc3n12)Cc1ccco1. The van der Waals surface area contributed by atoms with E-state index in [9.17, 15) is 9.59 Å². The summed E-state index contributed by atoms with van der Waals surface area (Å²) >= 11 is 0. The van der Waals surface area contributed by atoms with Crippen LogP contribution < -0.4 is 10.9 Å². The van der Waals surface area contributed by atoms with Crippen molar-refractivity contribution in [3.05, 3.63) is 100 Å². The van der Waals surface area contributed by atoms with Gasteiger partial charge in [0.2, 0.25) is 11.7 Å². The topological polar surface area (TPSA) is 97.7 Å². The molecule has 0 bridgehead atoms. The quantitative estimate of drug-likeness (QED) is 0.265. The van der Waals surface area contributed by atoms with Gasteiger partial charge in [-0.2, -0.15) is 0 Å². The number of carbonyl (C=O) groups excluding carboxylic acids is 1. The van der Waals surface area contributed by atoms with Crippen LogP contribution in [0.2, 0.25) is 0 Å². The van der Waals surface area contributed by atoms with E-state index in [2.05, 4.69) is 46.4 Å². The predicted molar refractivity (Wildman–Crippen MR) is 150 cm³/mol. The fourth-order valence-corrected chi connectivity index (χ4v) is 4.84. The van der Waals surface area contributed by atoms with E-state index in [1.807, 2.05) is 59.0 Å². The molecule has 39 heavy (non-hydrogen) atoms. The number of furan rings is 1. The Morgan fingerprint density at radius 2 is 1.79 bits per heavy atom. The molecule has 0 radical (unpaired) electrons. The molecule has 9 nitrogen and oxygen atoms in total. The molecule has 2 aromatic carbocycles. The van der Waals surface area contributed by atoms with Crippen molar-refractivity contribution < 1.29 is 9.21 Å². The van der Waals surface area contributed by atoms with Crippen LogP contribution in [0.15, 0.2) is 82.2 Å². The lowest BCUT2D eigenvalue weighted by atomic mass is 10.1. The number of rotatable bonds is 12. The third-order valence-corrected chi connectivity index (χ3v) is 7.01. The summed E-state index contributed by atoms with van der Waals surface area (Å²) in [6.45, 7) is 6.71. The molecule has 0 atom stereocenters. The van der Waals surface area contributed by atoms with E-state index in [1.54, 1.807) is 10.8 Å². The minimum absolute atomic E-state index is 0.0461. The summed E-state index contributed by atoms with van der Waals surface area (Å²) in [5, 5.41) is 12.4. The summed E-state index contributed by atoms with van der Waals surface area (Å²) in [7, 11) is 0. The average Bonchev–Trinajstić information content (AvgIpc) is 3.62. The van der Waals surface area contributed by atoms with Crippen molar-refractivity contribution in [2.24, 2.45) is 0 Å². The van der Waals surface area contributed by atoms with Crippen LogP contribution in [0.3, 0.4) is 0 Å². The van der Waals surface area contributed by atoms with Crippen LogP contribution in [0.5, 0.6) is 0 Å². The van der Waals surface area contributed by atoms with Gasteiger partial charge in [0.05, 0.1) is 23.7 Å². The third-order valence-electron chi connectivity index (χ3n) is 7.01. The van der Waals surface area contributed by atoms with Gasteiger partial charge in [-0.15, -0.1) is 10.2 Å². The van der Waals surface area contributed by atoms with Crippen molar-refractivity contribution in [2.75, 3.05) is 13.1 Å². The number of hydrogen-bond donors (Lipinski definition) is 1. The Morgan fingerprint density at radius 1 is 1.00 bits per heavy atom. The summed E-state index contributed by atoms with van der Waals surface area (Å²) < 4.78 is 9.08. The van der Waals surface area contributed by atoms with Crippen molar-refractivity contribution in [3.63, 3.8) is 0 Å². The molecule has 0 aliphatic carbocycles. The number of nitrogens with one attached hydrogen (secondary N) is 1. The second kappa shape index (κ2) is 12.1. The lowest BCUT2D eigenvalue weighted by Crippen LogP contribution is -2.38. The van der Waals surface area contributed by atoms with Crippen LogP contribution >= 0.6 is 0 Å². The number of hydrogen-bond acceptors (Lipinski definition) is 6. The Hall–Kier alpha value is -4.24. The molecular weight excluding hydrogens is 492 g/mol. The molecule has 0 fully saturated rings. The molecule has 1 amide bonds. The number of aryl methyl sites for hydroxylation is 3. The van der Waals surface area contributed by atoms with Gasteiger partial charge in [-0.25, -0.2) is 0 Å². The molecule has 0 saturated carbocycles. The molecule has 0 aliphatic rings. The Kier molecular flexibility index (Phi) is 8.17. The van der Waals surface area contributed by atoms with Crippen molar-refractivity contribution in [1.29, 1.82) is 0 Å². The first-order chi connectivity index (χ1) is 19.0. The minimum Gasteiger partial charge on any atom is -0.468 e. The van der Waals surface area contributed by atoms with Crippen LogP contribution in [0.25, 0.3) is 16.7 Å².